The highest BCUT2D eigenvalue weighted by Gasteiger charge is 2.31. The predicted molar refractivity (Wildman–Crippen MR) is 90.3 cm³/mol. The molecule has 3 heterocycles. The number of urea groups is 1. The van der Waals surface area contributed by atoms with Crippen molar-refractivity contribution in [2.45, 2.75) is 25.4 Å². The minimum absolute atomic E-state index is 0.0464. The van der Waals surface area contributed by atoms with E-state index >= 15 is 0 Å². The Morgan fingerprint density at radius 3 is 2.88 bits per heavy atom. The van der Waals surface area contributed by atoms with Crippen LogP contribution in [0.3, 0.4) is 0 Å². The fourth-order valence-electron chi connectivity index (χ4n) is 3.63. The van der Waals surface area contributed by atoms with Crippen LogP contribution < -0.4 is 5.32 Å². The molecule has 1 aromatic heterocycles. The van der Waals surface area contributed by atoms with Crippen molar-refractivity contribution in [3.05, 3.63) is 41.9 Å². The van der Waals surface area contributed by atoms with Crippen molar-refractivity contribution in [1.29, 1.82) is 0 Å². The Bertz CT molecular complexity index is 746. The number of benzene rings is 1. The zero-order valence-electron chi connectivity index (χ0n) is 13.9. The molecule has 25 heavy (non-hydrogen) atoms. The van der Waals surface area contributed by atoms with Crippen LogP contribution in [0.2, 0.25) is 0 Å². The van der Waals surface area contributed by atoms with Crippen LogP contribution in [0.15, 0.2) is 34.9 Å². The van der Waals surface area contributed by atoms with Gasteiger partial charge in [0.25, 0.3) is 0 Å². The van der Waals surface area contributed by atoms with Gasteiger partial charge in [0.15, 0.2) is 5.76 Å². The van der Waals surface area contributed by atoms with E-state index in [9.17, 15) is 9.18 Å². The number of likely N-dealkylation sites (tertiary alicyclic amines) is 1. The monoisotopic (exact) mass is 344 g/mol. The van der Waals surface area contributed by atoms with Crippen molar-refractivity contribution in [2.75, 3.05) is 26.2 Å². The van der Waals surface area contributed by atoms with Crippen LogP contribution in [0, 0.1) is 5.82 Å². The first-order chi connectivity index (χ1) is 12.2. The first kappa shape index (κ1) is 16.1. The van der Waals surface area contributed by atoms with Crippen LogP contribution >= 0.6 is 0 Å². The lowest BCUT2D eigenvalue weighted by atomic mass is 10.0. The zero-order chi connectivity index (χ0) is 17.2. The second kappa shape index (κ2) is 6.84. The molecule has 1 N–H and O–H groups in total. The van der Waals surface area contributed by atoms with Gasteiger partial charge in [-0.1, -0.05) is 5.16 Å². The van der Waals surface area contributed by atoms with Crippen molar-refractivity contribution in [1.82, 2.24) is 20.3 Å². The number of amides is 2. The topological polar surface area (TPSA) is 61.6 Å². The highest BCUT2D eigenvalue weighted by molar-refractivity contribution is 5.76. The third kappa shape index (κ3) is 3.51. The molecule has 2 aliphatic rings. The molecule has 0 unspecified atom stereocenters. The van der Waals surface area contributed by atoms with E-state index in [0.717, 1.165) is 50.3 Å². The lowest BCUT2D eigenvalue weighted by molar-refractivity contribution is 0.115. The van der Waals surface area contributed by atoms with E-state index in [1.54, 1.807) is 12.1 Å². The van der Waals surface area contributed by atoms with Crippen LogP contribution in [0.25, 0.3) is 11.3 Å². The largest absolute Gasteiger partial charge is 0.359 e. The number of rotatable bonds is 4. The molecule has 2 amide bonds. The van der Waals surface area contributed by atoms with E-state index in [2.05, 4.69) is 15.4 Å². The van der Waals surface area contributed by atoms with Gasteiger partial charge in [-0.3, -0.25) is 4.90 Å². The Hall–Kier alpha value is -2.41. The van der Waals surface area contributed by atoms with E-state index in [1.807, 2.05) is 11.0 Å². The van der Waals surface area contributed by atoms with Gasteiger partial charge in [0.1, 0.15) is 11.5 Å². The second-order valence-electron chi connectivity index (χ2n) is 6.64. The van der Waals surface area contributed by atoms with Crippen LogP contribution in [0.5, 0.6) is 0 Å². The molecule has 0 spiro atoms. The lowest BCUT2D eigenvalue weighted by Gasteiger charge is -2.36. The van der Waals surface area contributed by atoms with Gasteiger partial charge >= 0.3 is 6.03 Å². The molecule has 0 radical (unpaired) electrons. The van der Waals surface area contributed by atoms with Crippen molar-refractivity contribution in [3.63, 3.8) is 0 Å². The van der Waals surface area contributed by atoms with E-state index in [-0.39, 0.29) is 17.9 Å². The van der Waals surface area contributed by atoms with Crippen molar-refractivity contribution >= 4 is 6.03 Å². The third-order valence-corrected chi connectivity index (χ3v) is 4.89. The normalized spacial score (nSPS) is 21.6. The maximum atomic E-state index is 13.0. The molecule has 2 saturated heterocycles. The standard InChI is InChI=1S/C18H21FN4O2/c19-14-5-3-13(4-6-14)17-10-16(25-21-17)12-22-8-1-2-15(11-22)23-9-7-20-18(23)24/h3-6,10,15H,1-2,7-9,11-12H2,(H,20,24)/t15-/m1/s1. The summed E-state index contributed by atoms with van der Waals surface area (Å²) < 4.78 is 18.5. The maximum absolute atomic E-state index is 13.0. The summed E-state index contributed by atoms with van der Waals surface area (Å²) in [6, 6.07) is 8.43. The molecule has 0 aliphatic carbocycles. The van der Waals surface area contributed by atoms with Gasteiger partial charge in [-0.25, -0.2) is 9.18 Å². The van der Waals surface area contributed by atoms with Gasteiger partial charge in [0.2, 0.25) is 0 Å². The molecule has 2 aliphatic heterocycles. The Morgan fingerprint density at radius 2 is 2.12 bits per heavy atom. The van der Waals surface area contributed by atoms with Gasteiger partial charge < -0.3 is 14.7 Å². The fourth-order valence-corrected chi connectivity index (χ4v) is 3.63. The average Bonchev–Trinajstić information content (AvgIpc) is 3.25. The highest BCUT2D eigenvalue weighted by Crippen LogP contribution is 2.23. The van der Waals surface area contributed by atoms with Crippen molar-refractivity contribution in [2.24, 2.45) is 0 Å². The van der Waals surface area contributed by atoms with Crippen LogP contribution in [-0.2, 0) is 6.54 Å². The van der Waals surface area contributed by atoms with E-state index in [1.165, 1.54) is 12.1 Å². The summed E-state index contributed by atoms with van der Waals surface area (Å²) in [5.41, 5.74) is 1.55. The molecule has 2 fully saturated rings. The van der Waals surface area contributed by atoms with E-state index < -0.39 is 0 Å². The Balaban J connectivity index is 1.40. The summed E-state index contributed by atoms with van der Waals surface area (Å²) in [4.78, 5) is 16.1. The number of hydrogen-bond acceptors (Lipinski definition) is 4. The number of carbonyl (C=O) groups is 1. The summed E-state index contributed by atoms with van der Waals surface area (Å²) in [5.74, 6) is 0.517. The van der Waals surface area contributed by atoms with Crippen LogP contribution in [0.4, 0.5) is 9.18 Å². The average molecular weight is 344 g/mol. The molecular weight excluding hydrogens is 323 g/mol. The Kier molecular flexibility index (Phi) is 4.40. The number of piperidine rings is 1. The minimum atomic E-state index is -0.266. The van der Waals surface area contributed by atoms with E-state index in [4.69, 9.17) is 4.52 Å². The van der Waals surface area contributed by atoms with Crippen molar-refractivity contribution < 1.29 is 13.7 Å². The molecule has 1 aromatic carbocycles. The highest BCUT2D eigenvalue weighted by atomic mass is 19.1. The van der Waals surface area contributed by atoms with Crippen molar-refractivity contribution in [3.8, 4) is 11.3 Å². The number of nitrogens with zero attached hydrogens (tertiary/aromatic N) is 3. The van der Waals surface area contributed by atoms with Gasteiger partial charge in [-0.05, 0) is 43.7 Å². The second-order valence-corrected chi connectivity index (χ2v) is 6.64. The number of aromatic nitrogens is 1. The summed E-state index contributed by atoms with van der Waals surface area (Å²) in [7, 11) is 0. The summed E-state index contributed by atoms with van der Waals surface area (Å²) in [5, 5.41) is 6.96. The predicted octanol–water partition coefficient (Wildman–Crippen LogP) is 2.47. The first-order valence-corrected chi connectivity index (χ1v) is 8.67. The molecule has 7 heteroatoms. The lowest BCUT2D eigenvalue weighted by Crippen LogP contribution is -2.48. The molecular formula is C18H21FN4O2. The quantitative estimate of drug-likeness (QED) is 0.926. The number of hydrogen-bond donors (Lipinski definition) is 1. The van der Waals surface area contributed by atoms with Gasteiger partial charge in [-0.2, -0.15) is 0 Å². The molecule has 2 aromatic rings. The van der Waals surface area contributed by atoms with Gasteiger partial charge in [0, 0.05) is 37.3 Å². The SMILES string of the molecule is O=C1NCCN1[C@@H]1CCCN(Cc2cc(-c3ccc(F)cc3)no2)C1. The third-order valence-electron chi connectivity index (χ3n) is 4.89. The number of halogens is 1. The molecule has 1 atom stereocenters. The van der Waals surface area contributed by atoms with Crippen LogP contribution in [0.1, 0.15) is 18.6 Å². The molecule has 6 nitrogen and oxygen atoms in total. The van der Waals surface area contributed by atoms with Crippen LogP contribution in [-0.4, -0.2) is 53.2 Å². The fraction of sp³-hybridized carbons (Fsp3) is 0.444. The number of nitrogens with one attached hydrogen (secondary N) is 1. The minimum Gasteiger partial charge on any atom is -0.359 e. The smallest absolute Gasteiger partial charge is 0.317 e. The van der Waals surface area contributed by atoms with Gasteiger partial charge in [-0.15, -0.1) is 0 Å². The Labute approximate surface area is 145 Å². The number of carbonyl (C=O) groups excluding carboxylic acids is 1. The summed E-state index contributed by atoms with van der Waals surface area (Å²) in [6.45, 7) is 4.02. The summed E-state index contributed by atoms with van der Waals surface area (Å²) >= 11 is 0. The van der Waals surface area contributed by atoms with Gasteiger partial charge in [0.05, 0.1) is 6.54 Å². The molecule has 0 bridgehead atoms. The maximum Gasteiger partial charge on any atom is 0.317 e. The zero-order valence-corrected chi connectivity index (χ0v) is 13.9. The molecule has 4 rings (SSSR count). The summed E-state index contributed by atoms with van der Waals surface area (Å²) in [6.07, 6.45) is 2.11. The Morgan fingerprint density at radius 1 is 1.28 bits per heavy atom. The molecule has 132 valence electrons. The van der Waals surface area contributed by atoms with E-state index in [0.29, 0.717) is 12.2 Å². The first-order valence-electron chi connectivity index (χ1n) is 8.67. The molecule has 0 saturated carbocycles.